The summed E-state index contributed by atoms with van der Waals surface area (Å²) >= 11 is 1.66. The molecule has 1 aromatic carbocycles. The van der Waals surface area contributed by atoms with Crippen LogP contribution in [0.15, 0.2) is 35.7 Å². The Bertz CT molecular complexity index is 703. The van der Waals surface area contributed by atoms with E-state index >= 15 is 0 Å². The molecule has 0 radical (unpaired) electrons. The third-order valence-corrected chi connectivity index (χ3v) is 6.09. The van der Waals surface area contributed by atoms with Gasteiger partial charge in [-0.2, -0.15) is 0 Å². The molecule has 0 bridgehead atoms. The predicted molar refractivity (Wildman–Crippen MR) is 84.0 cm³/mol. The first kappa shape index (κ1) is 14.8. The van der Waals surface area contributed by atoms with Crippen LogP contribution >= 0.6 is 18.9 Å². The van der Waals surface area contributed by atoms with Gasteiger partial charge in [0, 0.05) is 17.6 Å². The largest absolute Gasteiger partial charge is 0.385 e. The van der Waals surface area contributed by atoms with Crippen molar-refractivity contribution in [1.82, 2.24) is 0 Å². The van der Waals surface area contributed by atoms with E-state index in [4.69, 9.17) is 5.26 Å². The van der Waals surface area contributed by atoms with Crippen molar-refractivity contribution >= 4 is 34.9 Å². The summed E-state index contributed by atoms with van der Waals surface area (Å²) in [6, 6.07) is 9.31. The second-order valence-electron chi connectivity index (χ2n) is 5.20. The monoisotopic (exact) mass is 325 g/mol. The maximum Gasteiger partial charge on any atom is 0.385 e. The molecule has 0 amide bonds. The van der Waals surface area contributed by atoms with Gasteiger partial charge in [0.05, 0.1) is 10.3 Å². The summed E-state index contributed by atoms with van der Waals surface area (Å²) in [6.07, 6.45) is 0. The molecule has 0 saturated heterocycles. The molecule has 2 aromatic rings. The molecular weight excluding hydrogens is 309 g/mol. The van der Waals surface area contributed by atoms with Gasteiger partial charge >= 0.3 is 7.60 Å². The van der Waals surface area contributed by atoms with Gasteiger partial charge in [0.25, 0.3) is 0 Å². The van der Waals surface area contributed by atoms with Gasteiger partial charge in [-0.15, -0.1) is 16.0 Å². The molecule has 112 valence electrons. The summed E-state index contributed by atoms with van der Waals surface area (Å²) < 4.78 is 15.5. The van der Waals surface area contributed by atoms with E-state index in [2.05, 4.69) is 29.5 Å². The number of nitrogens with zero attached hydrogens (tertiary/aromatic N) is 1. The first-order chi connectivity index (χ1) is 9.95. The molecule has 7 heteroatoms. The van der Waals surface area contributed by atoms with Crippen LogP contribution in [0.2, 0.25) is 0 Å². The van der Waals surface area contributed by atoms with E-state index in [1.54, 1.807) is 17.4 Å². The lowest BCUT2D eigenvalue weighted by Crippen LogP contribution is -2.24. The Hall–Kier alpha value is -1.17. The molecule has 0 spiro atoms. The molecule has 2 heterocycles. The molecule has 0 saturated carbocycles. The summed E-state index contributed by atoms with van der Waals surface area (Å²) in [5.41, 5.74) is 2.01. The lowest BCUT2D eigenvalue weighted by atomic mass is 9.98. The van der Waals surface area contributed by atoms with Crippen molar-refractivity contribution in [3.05, 3.63) is 41.3 Å². The van der Waals surface area contributed by atoms with E-state index in [0.717, 1.165) is 16.3 Å². The third kappa shape index (κ3) is 2.33. The minimum absolute atomic E-state index is 0.107. The number of fused-ring (bicyclic) bond motifs is 1. The molecule has 21 heavy (non-hydrogen) atoms. The van der Waals surface area contributed by atoms with Gasteiger partial charge in [-0.05, 0) is 48.2 Å². The van der Waals surface area contributed by atoms with E-state index < -0.39 is 7.60 Å². The third-order valence-electron chi connectivity index (χ3n) is 4.07. The van der Waals surface area contributed by atoms with Crippen molar-refractivity contribution in [2.24, 2.45) is 0 Å². The Labute approximate surface area is 126 Å². The van der Waals surface area contributed by atoms with Gasteiger partial charge in [-0.25, -0.2) is 5.26 Å². The number of benzene rings is 1. The molecule has 1 aromatic heterocycles. The summed E-state index contributed by atoms with van der Waals surface area (Å²) in [5, 5.41) is 11.9. The Morgan fingerprint density at radius 2 is 2.10 bits per heavy atom. The molecule has 0 fully saturated rings. The van der Waals surface area contributed by atoms with Crippen molar-refractivity contribution in [3.8, 4) is 0 Å². The number of anilines is 2. The summed E-state index contributed by atoms with van der Waals surface area (Å²) in [5.74, 6) is 0.209. The van der Waals surface area contributed by atoms with Crippen LogP contribution in [0.5, 0.6) is 0 Å². The highest BCUT2D eigenvalue weighted by Crippen LogP contribution is 2.48. The molecule has 3 unspecified atom stereocenters. The van der Waals surface area contributed by atoms with Gasteiger partial charge in [0.2, 0.25) is 0 Å². The summed E-state index contributed by atoms with van der Waals surface area (Å²) in [7, 11) is -4.14. The van der Waals surface area contributed by atoms with E-state index in [9.17, 15) is 9.46 Å². The zero-order valence-electron chi connectivity index (χ0n) is 11.6. The molecule has 0 aliphatic carbocycles. The summed E-state index contributed by atoms with van der Waals surface area (Å²) in [6.45, 7) is 4.22. The first-order valence-corrected chi connectivity index (χ1v) is 9.04. The average Bonchev–Trinajstić information content (AvgIpc) is 3.07. The SMILES string of the molecule is CC1c2cc(P(=O)(O)OO)ccc2N(c2cccs2)C1C. The van der Waals surface area contributed by atoms with Crippen LogP contribution in [-0.4, -0.2) is 16.2 Å². The fourth-order valence-corrected chi connectivity index (χ4v) is 4.27. The number of rotatable bonds is 3. The molecule has 5 nitrogen and oxygen atoms in total. The van der Waals surface area contributed by atoms with E-state index in [0.29, 0.717) is 0 Å². The van der Waals surface area contributed by atoms with Crippen LogP contribution in [-0.2, 0) is 9.24 Å². The van der Waals surface area contributed by atoms with Crippen LogP contribution < -0.4 is 10.2 Å². The number of hydrogen-bond donors (Lipinski definition) is 2. The van der Waals surface area contributed by atoms with Crippen molar-refractivity contribution in [3.63, 3.8) is 0 Å². The highest BCUT2D eigenvalue weighted by atomic mass is 32.1. The topological polar surface area (TPSA) is 70.0 Å². The van der Waals surface area contributed by atoms with Crippen molar-refractivity contribution in [2.45, 2.75) is 25.8 Å². The maximum atomic E-state index is 11.8. The molecule has 1 aliphatic rings. The number of thiophene rings is 1. The van der Waals surface area contributed by atoms with Crippen LogP contribution in [0.25, 0.3) is 0 Å². The minimum Gasteiger partial charge on any atom is -0.330 e. The Morgan fingerprint density at radius 3 is 2.71 bits per heavy atom. The molecule has 3 atom stereocenters. The lowest BCUT2D eigenvalue weighted by molar-refractivity contribution is -0.143. The quantitative estimate of drug-likeness (QED) is 0.512. The van der Waals surface area contributed by atoms with Crippen LogP contribution in [0.1, 0.15) is 25.3 Å². The van der Waals surface area contributed by atoms with Gasteiger partial charge < -0.3 is 9.79 Å². The van der Waals surface area contributed by atoms with Crippen LogP contribution in [0.4, 0.5) is 10.7 Å². The molecule has 2 N–H and O–H groups in total. The zero-order valence-corrected chi connectivity index (χ0v) is 13.3. The Morgan fingerprint density at radius 1 is 1.33 bits per heavy atom. The lowest BCUT2D eigenvalue weighted by Gasteiger charge is -2.24. The van der Waals surface area contributed by atoms with Gasteiger partial charge in [-0.1, -0.05) is 6.92 Å². The predicted octanol–water partition coefficient (Wildman–Crippen LogP) is 3.69. The summed E-state index contributed by atoms with van der Waals surface area (Å²) in [4.78, 5) is 11.8. The maximum absolute atomic E-state index is 11.8. The van der Waals surface area contributed by atoms with Crippen molar-refractivity contribution in [1.29, 1.82) is 0 Å². The highest BCUT2D eigenvalue weighted by molar-refractivity contribution is 7.61. The first-order valence-electron chi connectivity index (χ1n) is 6.59. The fraction of sp³-hybridized carbons (Fsp3) is 0.286. The second kappa shape index (κ2) is 5.23. The van der Waals surface area contributed by atoms with E-state index in [1.807, 2.05) is 17.5 Å². The van der Waals surface area contributed by atoms with E-state index in [-0.39, 0.29) is 17.3 Å². The average molecular weight is 325 g/mol. The van der Waals surface area contributed by atoms with Crippen molar-refractivity contribution in [2.75, 3.05) is 4.90 Å². The smallest absolute Gasteiger partial charge is 0.330 e. The molecule has 1 aliphatic heterocycles. The highest BCUT2D eigenvalue weighted by Gasteiger charge is 2.36. The zero-order chi connectivity index (χ0) is 15.2. The van der Waals surface area contributed by atoms with E-state index in [1.165, 1.54) is 6.07 Å². The number of hydrogen-bond acceptors (Lipinski definition) is 5. The standard InChI is InChI=1S/C14H16NO4PS/c1-9-10(2)15(14-4-3-7-21-14)13-6-5-11(8-12(9)13)20(17,18)19-16/h3-10,16H,1-2H3,(H,17,18). The molecular formula is C14H16NO4PS. The van der Waals surface area contributed by atoms with Crippen LogP contribution in [0.3, 0.4) is 0 Å². The normalized spacial score (nSPS) is 23.9. The Kier molecular flexibility index (Phi) is 3.67. The molecule has 3 rings (SSSR count). The van der Waals surface area contributed by atoms with Gasteiger partial charge in [0.1, 0.15) is 0 Å². The van der Waals surface area contributed by atoms with Crippen molar-refractivity contribution < 1.29 is 19.4 Å². The Balaban J connectivity index is 2.10. The second-order valence-corrected chi connectivity index (χ2v) is 7.84. The van der Waals surface area contributed by atoms with Crippen LogP contribution in [0, 0.1) is 0 Å². The van der Waals surface area contributed by atoms with Gasteiger partial charge in [0.15, 0.2) is 0 Å². The van der Waals surface area contributed by atoms with Gasteiger partial charge in [-0.3, -0.25) is 4.57 Å². The minimum atomic E-state index is -4.14. The fourth-order valence-electron chi connectivity index (χ4n) is 2.78.